The number of aryl methyl sites for hydroxylation is 1. The van der Waals surface area contributed by atoms with E-state index in [2.05, 4.69) is 43.4 Å². The summed E-state index contributed by atoms with van der Waals surface area (Å²) in [6.45, 7) is 4.92. The van der Waals surface area contributed by atoms with Crippen molar-refractivity contribution in [3.8, 4) is 11.8 Å². The number of rotatable bonds is 5. The van der Waals surface area contributed by atoms with Crippen molar-refractivity contribution in [1.29, 1.82) is 5.26 Å². The van der Waals surface area contributed by atoms with E-state index < -0.39 is 0 Å². The molecule has 108 valence electrons. The van der Waals surface area contributed by atoms with Gasteiger partial charge in [0.25, 0.3) is 0 Å². The van der Waals surface area contributed by atoms with Gasteiger partial charge in [-0.15, -0.1) is 0 Å². The maximum Gasteiger partial charge on any atom is 0.123 e. The maximum atomic E-state index is 9.01. The van der Waals surface area contributed by atoms with Crippen LogP contribution in [0, 0.1) is 18.3 Å². The molecule has 2 rings (SSSR count). The van der Waals surface area contributed by atoms with Crippen molar-refractivity contribution < 1.29 is 4.74 Å². The normalized spacial score (nSPS) is 11.7. The van der Waals surface area contributed by atoms with Gasteiger partial charge >= 0.3 is 0 Å². The van der Waals surface area contributed by atoms with Crippen LogP contribution in [0.25, 0.3) is 0 Å². The molecule has 1 atom stereocenters. The lowest BCUT2D eigenvalue weighted by Crippen LogP contribution is -2.19. The standard InChI is InChI=1S/C18H20N2O/c1-13-6-4-5-7-17(13)14(2)20-12-16-10-15(11-19)8-9-18(16)21-3/h4-10,14,20H,12H2,1-3H3/t14-/m0/s1. The third kappa shape index (κ3) is 3.62. The van der Waals surface area contributed by atoms with Gasteiger partial charge in [-0.05, 0) is 43.2 Å². The van der Waals surface area contributed by atoms with Crippen molar-refractivity contribution in [3.05, 3.63) is 64.7 Å². The Morgan fingerprint density at radius 1 is 1.24 bits per heavy atom. The van der Waals surface area contributed by atoms with E-state index in [0.717, 1.165) is 11.3 Å². The van der Waals surface area contributed by atoms with E-state index in [1.165, 1.54) is 11.1 Å². The molecule has 0 saturated carbocycles. The minimum Gasteiger partial charge on any atom is -0.496 e. The van der Waals surface area contributed by atoms with E-state index in [4.69, 9.17) is 10.00 Å². The Kier molecular flexibility index (Phi) is 4.97. The van der Waals surface area contributed by atoms with Gasteiger partial charge in [-0.2, -0.15) is 5.26 Å². The molecule has 2 aromatic carbocycles. The lowest BCUT2D eigenvalue weighted by molar-refractivity contribution is 0.406. The van der Waals surface area contributed by atoms with Crippen LogP contribution in [0.4, 0.5) is 0 Å². The lowest BCUT2D eigenvalue weighted by Gasteiger charge is -2.17. The predicted octanol–water partition coefficient (Wildman–Crippen LogP) is 3.73. The lowest BCUT2D eigenvalue weighted by atomic mass is 10.0. The van der Waals surface area contributed by atoms with Gasteiger partial charge in [0.1, 0.15) is 5.75 Å². The maximum absolute atomic E-state index is 9.01. The van der Waals surface area contributed by atoms with Crippen LogP contribution in [0.15, 0.2) is 42.5 Å². The number of benzene rings is 2. The molecule has 3 heteroatoms. The van der Waals surface area contributed by atoms with Gasteiger partial charge in [0.15, 0.2) is 0 Å². The summed E-state index contributed by atoms with van der Waals surface area (Å²) in [5.74, 6) is 0.804. The number of nitriles is 1. The minimum absolute atomic E-state index is 0.238. The molecule has 0 unspecified atom stereocenters. The number of nitrogens with one attached hydrogen (secondary N) is 1. The first-order valence-corrected chi connectivity index (χ1v) is 7.01. The van der Waals surface area contributed by atoms with Gasteiger partial charge in [-0.3, -0.25) is 0 Å². The summed E-state index contributed by atoms with van der Waals surface area (Å²) >= 11 is 0. The zero-order chi connectivity index (χ0) is 15.2. The summed E-state index contributed by atoms with van der Waals surface area (Å²) in [4.78, 5) is 0. The first kappa shape index (κ1) is 15.1. The van der Waals surface area contributed by atoms with Gasteiger partial charge in [-0.25, -0.2) is 0 Å². The predicted molar refractivity (Wildman–Crippen MR) is 84.1 cm³/mol. The summed E-state index contributed by atoms with van der Waals surface area (Å²) in [6, 6.07) is 16.2. The second-order valence-corrected chi connectivity index (χ2v) is 5.10. The van der Waals surface area contributed by atoms with Gasteiger partial charge < -0.3 is 10.1 Å². The molecule has 0 radical (unpaired) electrons. The summed E-state index contributed by atoms with van der Waals surface area (Å²) in [6.07, 6.45) is 0. The van der Waals surface area contributed by atoms with E-state index in [-0.39, 0.29) is 6.04 Å². The molecule has 0 amide bonds. The molecule has 2 aromatic rings. The Morgan fingerprint density at radius 3 is 2.67 bits per heavy atom. The van der Waals surface area contributed by atoms with Crippen molar-refractivity contribution in [2.45, 2.75) is 26.4 Å². The van der Waals surface area contributed by atoms with Crippen LogP contribution in [0.5, 0.6) is 5.75 Å². The number of hydrogen-bond donors (Lipinski definition) is 1. The van der Waals surface area contributed by atoms with Crippen LogP contribution in [0.2, 0.25) is 0 Å². The molecular formula is C18H20N2O. The molecule has 21 heavy (non-hydrogen) atoms. The van der Waals surface area contributed by atoms with Crippen molar-refractivity contribution in [2.75, 3.05) is 7.11 Å². The Labute approximate surface area is 126 Å². The van der Waals surface area contributed by atoms with E-state index in [0.29, 0.717) is 12.1 Å². The average Bonchev–Trinajstić information content (AvgIpc) is 2.52. The highest BCUT2D eigenvalue weighted by Crippen LogP contribution is 2.22. The van der Waals surface area contributed by atoms with Gasteiger partial charge in [0.05, 0.1) is 18.7 Å². The first-order chi connectivity index (χ1) is 10.2. The molecule has 0 aliphatic rings. The fourth-order valence-electron chi connectivity index (χ4n) is 2.43. The van der Waals surface area contributed by atoms with Gasteiger partial charge in [0.2, 0.25) is 0 Å². The van der Waals surface area contributed by atoms with Crippen molar-refractivity contribution in [3.63, 3.8) is 0 Å². The van der Waals surface area contributed by atoms with Crippen molar-refractivity contribution in [1.82, 2.24) is 5.32 Å². The molecule has 0 fully saturated rings. The second-order valence-electron chi connectivity index (χ2n) is 5.10. The quantitative estimate of drug-likeness (QED) is 0.907. The van der Waals surface area contributed by atoms with E-state index in [9.17, 15) is 0 Å². The van der Waals surface area contributed by atoms with Gasteiger partial charge in [0, 0.05) is 18.2 Å². The molecule has 1 N–H and O–H groups in total. The fourth-order valence-corrected chi connectivity index (χ4v) is 2.43. The summed E-state index contributed by atoms with van der Waals surface area (Å²) in [5.41, 5.74) is 4.20. The molecule has 0 aliphatic heterocycles. The molecular weight excluding hydrogens is 260 g/mol. The van der Waals surface area contributed by atoms with E-state index in [1.54, 1.807) is 13.2 Å². The van der Waals surface area contributed by atoms with Crippen LogP contribution < -0.4 is 10.1 Å². The van der Waals surface area contributed by atoms with Crippen LogP contribution >= 0.6 is 0 Å². The van der Waals surface area contributed by atoms with Crippen molar-refractivity contribution >= 4 is 0 Å². The zero-order valence-electron chi connectivity index (χ0n) is 12.7. The summed E-state index contributed by atoms with van der Waals surface area (Å²) in [7, 11) is 1.65. The highest BCUT2D eigenvalue weighted by atomic mass is 16.5. The third-order valence-corrected chi connectivity index (χ3v) is 3.66. The average molecular weight is 280 g/mol. The third-order valence-electron chi connectivity index (χ3n) is 3.66. The minimum atomic E-state index is 0.238. The molecule has 0 bridgehead atoms. The van der Waals surface area contributed by atoms with Crippen LogP contribution in [0.3, 0.4) is 0 Å². The summed E-state index contributed by atoms with van der Waals surface area (Å²) in [5, 5.41) is 12.5. The fraction of sp³-hybridized carbons (Fsp3) is 0.278. The number of methoxy groups -OCH3 is 1. The van der Waals surface area contributed by atoms with Crippen LogP contribution in [0.1, 0.15) is 35.2 Å². The second kappa shape index (κ2) is 6.92. The topological polar surface area (TPSA) is 45.0 Å². The molecule has 0 aliphatic carbocycles. The molecule has 0 saturated heterocycles. The largest absolute Gasteiger partial charge is 0.496 e. The Morgan fingerprint density at radius 2 is 2.00 bits per heavy atom. The summed E-state index contributed by atoms with van der Waals surface area (Å²) < 4.78 is 5.36. The highest BCUT2D eigenvalue weighted by molar-refractivity contribution is 5.42. The highest BCUT2D eigenvalue weighted by Gasteiger charge is 2.10. The molecule has 0 heterocycles. The molecule has 3 nitrogen and oxygen atoms in total. The van der Waals surface area contributed by atoms with Crippen LogP contribution in [-0.4, -0.2) is 7.11 Å². The molecule has 0 aromatic heterocycles. The van der Waals surface area contributed by atoms with E-state index >= 15 is 0 Å². The number of hydrogen-bond acceptors (Lipinski definition) is 3. The molecule has 0 spiro atoms. The first-order valence-electron chi connectivity index (χ1n) is 7.01. The Balaban J connectivity index is 2.13. The monoisotopic (exact) mass is 280 g/mol. The zero-order valence-corrected chi connectivity index (χ0v) is 12.7. The van der Waals surface area contributed by atoms with E-state index in [1.807, 2.05) is 18.2 Å². The number of nitrogens with zero attached hydrogens (tertiary/aromatic N) is 1. The SMILES string of the molecule is COc1ccc(C#N)cc1CN[C@@H](C)c1ccccc1C. The smallest absolute Gasteiger partial charge is 0.123 e. The van der Waals surface area contributed by atoms with Gasteiger partial charge in [-0.1, -0.05) is 24.3 Å². The van der Waals surface area contributed by atoms with Crippen molar-refractivity contribution in [2.24, 2.45) is 0 Å². The van der Waals surface area contributed by atoms with Crippen LogP contribution in [-0.2, 0) is 6.54 Å². The Bertz CT molecular complexity index is 659. The number of ether oxygens (including phenoxy) is 1. The Hall–Kier alpha value is -2.31.